The number of nitrogens with zero attached hydrogens (tertiary/aromatic N) is 1. The molecule has 0 aromatic rings. The maximum Gasteiger partial charge on any atom is 0.239 e. The topological polar surface area (TPSA) is 75.8 Å². The van der Waals surface area contributed by atoms with Crippen LogP contribution < -0.4 is 5.73 Å². The Morgan fingerprint density at radius 3 is 2.76 bits per heavy atom. The summed E-state index contributed by atoms with van der Waals surface area (Å²) in [6, 6.07) is -0.454. The van der Waals surface area contributed by atoms with Gasteiger partial charge in [0.1, 0.15) is 0 Å². The fourth-order valence-electron chi connectivity index (χ4n) is 2.03. The minimum atomic E-state index is -0.454. The fourth-order valence-corrected chi connectivity index (χ4v) is 2.03. The van der Waals surface area contributed by atoms with Crippen molar-refractivity contribution < 1.29 is 14.6 Å². The number of carbonyl (C=O) groups is 1. The van der Waals surface area contributed by atoms with Gasteiger partial charge in [-0.2, -0.15) is 0 Å². The highest BCUT2D eigenvalue weighted by Crippen LogP contribution is 2.15. The second kappa shape index (κ2) is 6.33. The van der Waals surface area contributed by atoms with Crippen LogP contribution in [-0.2, 0) is 9.53 Å². The van der Waals surface area contributed by atoms with E-state index in [4.69, 9.17) is 15.6 Å². The zero-order chi connectivity index (χ0) is 13.0. The number of rotatable bonds is 4. The zero-order valence-electron chi connectivity index (χ0n) is 10.9. The number of hydrogen-bond acceptors (Lipinski definition) is 4. The van der Waals surface area contributed by atoms with E-state index in [2.05, 4.69) is 0 Å². The van der Waals surface area contributed by atoms with Crippen LogP contribution in [0.1, 0.15) is 27.2 Å². The summed E-state index contributed by atoms with van der Waals surface area (Å²) in [7, 11) is 0. The van der Waals surface area contributed by atoms with E-state index < -0.39 is 6.04 Å². The van der Waals surface area contributed by atoms with Crippen LogP contribution >= 0.6 is 0 Å². The molecule has 0 radical (unpaired) electrons. The van der Waals surface area contributed by atoms with E-state index in [0.29, 0.717) is 13.1 Å². The number of ether oxygens (including phenoxy) is 1. The predicted molar refractivity (Wildman–Crippen MR) is 65.4 cm³/mol. The molecule has 1 aliphatic rings. The molecule has 0 bridgehead atoms. The Morgan fingerprint density at radius 2 is 2.24 bits per heavy atom. The van der Waals surface area contributed by atoms with E-state index in [1.807, 2.05) is 20.8 Å². The smallest absolute Gasteiger partial charge is 0.239 e. The number of amides is 1. The van der Waals surface area contributed by atoms with Gasteiger partial charge in [0.05, 0.1) is 24.9 Å². The van der Waals surface area contributed by atoms with E-state index in [1.165, 1.54) is 0 Å². The van der Waals surface area contributed by atoms with Gasteiger partial charge >= 0.3 is 0 Å². The molecule has 100 valence electrons. The van der Waals surface area contributed by atoms with Crippen molar-refractivity contribution in [2.24, 2.45) is 11.7 Å². The number of morpholine rings is 1. The highest BCUT2D eigenvalue weighted by Gasteiger charge is 2.31. The van der Waals surface area contributed by atoms with Gasteiger partial charge in [-0.15, -0.1) is 0 Å². The SMILES string of the molecule is CCC(C)[C@H](N)C(=O)N1CC(C)OC(CO)C1. The molecule has 1 heterocycles. The molecule has 5 heteroatoms. The van der Waals surface area contributed by atoms with Gasteiger partial charge in [0.25, 0.3) is 0 Å². The third kappa shape index (κ3) is 3.66. The summed E-state index contributed by atoms with van der Waals surface area (Å²) >= 11 is 0. The quantitative estimate of drug-likeness (QED) is 0.728. The molecule has 3 N–H and O–H groups in total. The first-order valence-corrected chi connectivity index (χ1v) is 6.30. The molecule has 4 atom stereocenters. The zero-order valence-corrected chi connectivity index (χ0v) is 10.9. The Labute approximate surface area is 103 Å². The van der Waals surface area contributed by atoms with E-state index in [9.17, 15) is 4.79 Å². The molecule has 17 heavy (non-hydrogen) atoms. The lowest BCUT2D eigenvalue weighted by atomic mass is 9.98. The molecule has 1 aliphatic heterocycles. The van der Waals surface area contributed by atoms with Crippen LogP contribution in [0.15, 0.2) is 0 Å². The summed E-state index contributed by atoms with van der Waals surface area (Å²) in [6.45, 7) is 6.83. The van der Waals surface area contributed by atoms with Crippen molar-refractivity contribution in [2.75, 3.05) is 19.7 Å². The number of aliphatic hydroxyl groups excluding tert-OH is 1. The van der Waals surface area contributed by atoms with Crippen LogP contribution in [0, 0.1) is 5.92 Å². The normalized spacial score (nSPS) is 28.9. The van der Waals surface area contributed by atoms with Crippen LogP contribution in [0.2, 0.25) is 0 Å². The molecule has 1 fully saturated rings. The van der Waals surface area contributed by atoms with Crippen molar-refractivity contribution in [1.29, 1.82) is 0 Å². The van der Waals surface area contributed by atoms with E-state index in [1.54, 1.807) is 4.90 Å². The third-order valence-electron chi connectivity index (χ3n) is 3.38. The average Bonchev–Trinajstić information content (AvgIpc) is 2.35. The summed E-state index contributed by atoms with van der Waals surface area (Å²) in [5, 5.41) is 9.11. The van der Waals surface area contributed by atoms with Gasteiger partial charge in [-0.25, -0.2) is 0 Å². The first-order valence-electron chi connectivity index (χ1n) is 6.30. The van der Waals surface area contributed by atoms with Gasteiger partial charge in [-0.05, 0) is 12.8 Å². The molecule has 1 amide bonds. The van der Waals surface area contributed by atoms with Gasteiger partial charge in [-0.1, -0.05) is 20.3 Å². The van der Waals surface area contributed by atoms with Crippen LogP contribution in [0.5, 0.6) is 0 Å². The summed E-state index contributed by atoms with van der Waals surface area (Å²) in [4.78, 5) is 13.9. The van der Waals surface area contributed by atoms with Crippen LogP contribution in [-0.4, -0.2) is 53.9 Å². The van der Waals surface area contributed by atoms with Crippen molar-refractivity contribution in [2.45, 2.75) is 45.4 Å². The Balaban J connectivity index is 2.61. The minimum absolute atomic E-state index is 0.0343. The second-order valence-electron chi connectivity index (χ2n) is 4.91. The highest BCUT2D eigenvalue weighted by atomic mass is 16.5. The lowest BCUT2D eigenvalue weighted by Gasteiger charge is -2.38. The molecule has 0 aromatic carbocycles. The van der Waals surface area contributed by atoms with Gasteiger partial charge < -0.3 is 20.5 Å². The minimum Gasteiger partial charge on any atom is -0.394 e. The van der Waals surface area contributed by atoms with Gasteiger partial charge in [0, 0.05) is 13.1 Å². The monoisotopic (exact) mass is 244 g/mol. The standard InChI is InChI=1S/C12H24N2O3/c1-4-8(2)11(13)12(16)14-5-9(3)17-10(6-14)7-15/h8-11,15H,4-7,13H2,1-3H3/t8?,9?,10?,11-/m0/s1. The van der Waals surface area contributed by atoms with Crippen molar-refractivity contribution in [3.8, 4) is 0 Å². The lowest BCUT2D eigenvalue weighted by molar-refractivity contribution is -0.149. The van der Waals surface area contributed by atoms with Crippen LogP contribution in [0.3, 0.4) is 0 Å². The summed E-state index contributed by atoms with van der Waals surface area (Å²) in [5.41, 5.74) is 5.94. The summed E-state index contributed by atoms with van der Waals surface area (Å²) < 4.78 is 5.50. The van der Waals surface area contributed by atoms with Gasteiger partial charge in [0.2, 0.25) is 5.91 Å². The Morgan fingerprint density at radius 1 is 1.59 bits per heavy atom. The lowest BCUT2D eigenvalue weighted by Crippen LogP contribution is -2.55. The third-order valence-corrected chi connectivity index (χ3v) is 3.38. The summed E-state index contributed by atoms with van der Waals surface area (Å²) in [6.07, 6.45) is 0.553. The summed E-state index contributed by atoms with van der Waals surface area (Å²) in [5.74, 6) is 0.140. The fraction of sp³-hybridized carbons (Fsp3) is 0.917. The molecular weight excluding hydrogens is 220 g/mol. The van der Waals surface area contributed by atoms with Crippen molar-refractivity contribution in [1.82, 2.24) is 4.90 Å². The largest absolute Gasteiger partial charge is 0.394 e. The molecule has 3 unspecified atom stereocenters. The van der Waals surface area contributed by atoms with Gasteiger partial charge in [-0.3, -0.25) is 4.79 Å². The van der Waals surface area contributed by atoms with Crippen molar-refractivity contribution in [3.05, 3.63) is 0 Å². The average molecular weight is 244 g/mol. The van der Waals surface area contributed by atoms with E-state index in [0.717, 1.165) is 6.42 Å². The van der Waals surface area contributed by atoms with Crippen LogP contribution in [0.25, 0.3) is 0 Å². The molecule has 0 spiro atoms. The number of nitrogens with two attached hydrogens (primary N) is 1. The molecule has 0 saturated carbocycles. The highest BCUT2D eigenvalue weighted by molar-refractivity contribution is 5.82. The Bertz CT molecular complexity index is 260. The predicted octanol–water partition coefficient (Wildman–Crippen LogP) is -0.0320. The van der Waals surface area contributed by atoms with E-state index in [-0.39, 0.29) is 30.6 Å². The first-order chi connectivity index (χ1) is 7.99. The van der Waals surface area contributed by atoms with Crippen molar-refractivity contribution in [3.63, 3.8) is 0 Å². The molecular formula is C12H24N2O3. The first kappa shape index (κ1) is 14.4. The number of aliphatic hydroxyl groups is 1. The molecule has 0 aliphatic carbocycles. The van der Waals surface area contributed by atoms with E-state index >= 15 is 0 Å². The Hall–Kier alpha value is -0.650. The van der Waals surface area contributed by atoms with Crippen LogP contribution in [0.4, 0.5) is 0 Å². The van der Waals surface area contributed by atoms with Crippen molar-refractivity contribution >= 4 is 5.91 Å². The maximum absolute atomic E-state index is 12.2. The number of hydrogen-bond donors (Lipinski definition) is 2. The van der Waals surface area contributed by atoms with Gasteiger partial charge in [0.15, 0.2) is 0 Å². The maximum atomic E-state index is 12.2. The second-order valence-corrected chi connectivity index (χ2v) is 4.91. The number of carbonyl (C=O) groups excluding carboxylic acids is 1. The molecule has 1 saturated heterocycles. The molecule has 1 rings (SSSR count). The molecule has 0 aromatic heterocycles. The Kier molecular flexibility index (Phi) is 5.36. The molecule has 5 nitrogen and oxygen atoms in total.